The van der Waals surface area contributed by atoms with Crippen molar-refractivity contribution in [1.29, 1.82) is 0 Å². The van der Waals surface area contributed by atoms with Crippen LogP contribution in [0.5, 0.6) is 5.75 Å². The number of fused-ring (bicyclic) bond motifs is 1. The number of hydrogen-bond acceptors (Lipinski definition) is 4. The first-order valence-electron chi connectivity index (χ1n) is 10.1. The molecule has 6 nitrogen and oxygen atoms in total. The summed E-state index contributed by atoms with van der Waals surface area (Å²) < 4.78 is 5.33. The van der Waals surface area contributed by atoms with Gasteiger partial charge in [0.25, 0.3) is 5.91 Å². The number of aromatic amines is 1. The van der Waals surface area contributed by atoms with Crippen molar-refractivity contribution in [3.63, 3.8) is 0 Å². The molecule has 3 rings (SSSR count). The molecule has 0 bridgehead atoms. The first-order valence-corrected chi connectivity index (χ1v) is 10.1. The fourth-order valence-corrected chi connectivity index (χ4v) is 3.59. The number of H-pyrrole nitrogens is 1. The van der Waals surface area contributed by atoms with Crippen LogP contribution in [0.15, 0.2) is 54.7 Å². The first-order chi connectivity index (χ1) is 14.5. The number of methoxy groups -OCH3 is 1. The zero-order valence-corrected chi connectivity index (χ0v) is 17.6. The van der Waals surface area contributed by atoms with Crippen LogP contribution in [0.2, 0.25) is 0 Å². The molecule has 0 aliphatic rings. The highest BCUT2D eigenvalue weighted by Crippen LogP contribution is 2.32. The molecule has 0 aliphatic carbocycles. The van der Waals surface area contributed by atoms with Crippen LogP contribution in [-0.2, 0) is 11.3 Å². The number of amides is 1. The van der Waals surface area contributed by atoms with Crippen molar-refractivity contribution in [3.8, 4) is 5.75 Å². The number of hydrogen-bond donors (Lipinski definition) is 4. The van der Waals surface area contributed by atoms with E-state index in [1.165, 1.54) is 22.6 Å². The summed E-state index contributed by atoms with van der Waals surface area (Å²) in [6.07, 6.45) is 5.06. The van der Waals surface area contributed by atoms with Crippen LogP contribution >= 0.6 is 0 Å². The van der Waals surface area contributed by atoms with Gasteiger partial charge in [0.05, 0.1) is 7.11 Å². The lowest BCUT2D eigenvalue weighted by molar-refractivity contribution is -0.124. The van der Waals surface area contributed by atoms with Crippen LogP contribution in [-0.4, -0.2) is 29.8 Å². The molecule has 158 valence electrons. The Kier molecular flexibility index (Phi) is 7.27. The Labute approximate surface area is 176 Å². The number of carbonyl (C=O) groups excluding carboxylic acids is 1. The van der Waals surface area contributed by atoms with Crippen LogP contribution < -0.4 is 15.5 Å². The summed E-state index contributed by atoms with van der Waals surface area (Å²) >= 11 is 0. The van der Waals surface area contributed by atoms with E-state index in [-0.39, 0.29) is 0 Å². The van der Waals surface area contributed by atoms with E-state index in [9.17, 15) is 4.79 Å². The molecule has 4 N–H and O–H groups in total. The standard InChI is InChI=1S/C24H29N3O3/c1-16(2)21(22-15-26-23-12-19(30-3)9-10-20(22)23)14-25-13-18-6-4-17(5-7-18)8-11-24(28)27-29/h4-12,15-16,21,25-26,29H,13-14H2,1-3H3,(H,27,28)/b11-8+. The SMILES string of the molecule is COc1ccc2c(C(CNCc3ccc(/C=C/C(=O)NO)cc3)C(C)C)c[nH]c2c1. The van der Waals surface area contributed by atoms with Gasteiger partial charge in [-0.1, -0.05) is 38.1 Å². The first kappa shape index (κ1) is 21.6. The third-order valence-corrected chi connectivity index (χ3v) is 5.34. The van der Waals surface area contributed by atoms with Gasteiger partial charge in [-0.05, 0) is 40.8 Å². The number of aromatic nitrogens is 1. The van der Waals surface area contributed by atoms with Crippen LogP contribution in [0.4, 0.5) is 0 Å². The number of rotatable bonds is 9. The Morgan fingerprint density at radius 2 is 1.97 bits per heavy atom. The summed E-state index contributed by atoms with van der Waals surface area (Å²) in [5.74, 6) is 1.18. The van der Waals surface area contributed by atoms with E-state index >= 15 is 0 Å². The molecule has 0 radical (unpaired) electrons. The molecule has 0 spiro atoms. The van der Waals surface area contributed by atoms with E-state index in [2.05, 4.69) is 36.4 Å². The summed E-state index contributed by atoms with van der Waals surface area (Å²) in [7, 11) is 1.68. The van der Waals surface area contributed by atoms with E-state index in [4.69, 9.17) is 9.94 Å². The van der Waals surface area contributed by atoms with Crippen molar-refractivity contribution in [2.45, 2.75) is 26.3 Å². The van der Waals surface area contributed by atoms with Crippen molar-refractivity contribution in [3.05, 3.63) is 71.4 Å². The second-order valence-corrected chi connectivity index (χ2v) is 7.69. The maximum atomic E-state index is 11.1. The van der Waals surface area contributed by atoms with E-state index in [1.54, 1.807) is 18.7 Å². The van der Waals surface area contributed by atoms with Crippen molar-refractivity contribution in [2.75, 3.05) is 13.7 Å². The van der Waals surface area contributed by atoms with Gasteiger partial charge in [0, 0.05) is 48.2 Å². The number of hydroxylamine groups is 1. The quantitative estimate of drug-likeness (QED) is 0.243. The molecular weight excluding hydrogens is 378 g/mol. The fourth-order valence-electron chi connectivity index (χ4n) is 3.59. The summed E-state index contributed by atoms with van der Waals surface area (Å²) in [5, 5.41) is 13.3. The molecular formula is C24H29N3O3. The normalized spacial score (nSPS) is 12.6. The molecule has 1 unspecified atom stereocenters. The molecule has 2 aromatic carbocycles. The van der Waals surface area contributed by atoms with E-state index in [1.807, 2.05) is 36.4 Å². The molecule has 1 heterocycles. The molecule has 0 fully saturated rings. The van der Waals surface area contributed by atoms with Crippen LogP contribution in [0.25, 0.3) is 17.0 Å². The highest BCUT2D eigenvalue weighted by Gasteiger charge is 2.19. The third kappa shape index (κ3) is 5.28. The lowest BCUT2D eigenvalue weighted by Crippen LogP contribution is -2.24. The number of benzene rings is 2. The lowest BCUT2D eigenvalue weighted by atomic mass is 9.88. The molecule has 1 atom stereocenters. The fraction of sp³-hybridized carbons (Fsp3) is 0.292. The van der Waals surface area contributed by atoms with Gasteiger partial charge in [0.2, 0.25) is 0 Å². The maximum absolute atomic E-state index is 11.1. The minimum atomic E-state index is -0.545. The summed E-state index contributed by atoms with van der Waals surface area (Å²) in [4.78, 5) is 14.4. The monoisotopic (exact) mass is 407 g/mol. The highest BCUT2D eigenvalue weighted by molar-refractivity contribution is 5.90. The number of ether oxygens (including phenoxy) is 1. The second-order valence-electron chi connectivity index (χ2n) is 7.69. The van der Waals surface area contributed by atoms with E-state index < -0.39 is 5.91 Å². The molecule has 0 saturated carbocycles. The zero-order valence-electron chi connectivity index (χ0n) is 17.6. The third-order valence-electron chi connectivity index (χ3n) is 5.34. The Morgan fingerprint density at radius 3 is 2.63 bits per heavy atom. The Hall–Kier alpha value is -3.09. The number of nitrogens with one attached hydrogen (secondary N) is 3. The van der Waals surface area contributed by atoms with Gasteiger partial charge in [0.15, 0.2) is 0 Å². The molecule has 3 aromatic rings. The van der Waals surface area contributed by atoms with Gasteiger partial charge in [-0.3, -0.25) is 10.0 Å². The Balaban J connectivity index is 1.63. The topological polar surface area (TPSA) is 86.4 Å². The second kappa shape index (κ2) is 10.1. The van der Waals surface area contributed by atoms with Gasteiger partial charge < -0.3 is 15.0 Å². The Morgan fingerprint density at radius 1 is 1.20 bits per heavy atom. The zero-order chi connectivity index (χ0) is 21.5. The van der Waals surface area contributed by atoms with E-state index in [0.717, 1.165) is 29.9 Å². The smallest absolute Gasteiger partial charge is 0.267 e. The highest BCUT2D eigenvalue weighted by atomic mass is 16.5. The molecule has 30 heavy (non-hydrogen) atoms. The largest absolute Gasteiger partial charge is 0.497 e. The number of carbonyl (C=O) groups is 1. The minimum Gasteiger partial charge on any atom is -0.497 e. The Bertz CT molecular complexity index is 1010. The summed E-state index contributed by atoms with van der Waals surface area (Å²) in [6.45, 7) is 6.13. The van der Waals surface area contributed by atoms with Crippen molar-refractivity contribution in [2.24, 2.45) is 5.92 Å². The van der Waals surface area contributed by atoms with Gasteiger partial charge in [-0.15, -0.1) is 0 Å². The molecule has 0 aliphatic heterocycles. The van der Waals surface area contributed by atoms with Crippen molar-refractivity contribution >= 4 is 22.9 Å². The van der Waals surface area contributed by atoms with Crippen molar-refractivity contribution < 1.29 is 14.7 Å². The lowest BCUT2D eigenvalue weighted by Gasteiger charge is -2.21. The molecule has 1 aromatic heterocycles. The summed E-state index contributed by atoms with van der Waals surface area (Å²) in [5.41, 5.74) is 6.06. The van der Waals surface area contributed by atoms with Gasteiger partial charge in [-0.2, -0.15) is 0 Å². The van der Waals surface area contributed by atoms with Crippen LogP contribution in [0, 0.1) is 5.92 Å². The van der Waals surface area contributed by atoms with Crippen LogP contribution in [0.3, 0.4) is 0 Å². The minimum absolute atomic E-state index is 0.381. The molecule has 6 heteroatoms. The molecule has 1 amide bonds. The van der Waals surface area contributed by atoms with Gasteiger partial charge in [0.1, 0.15) is 5.75 Å². The maximum Gasteiger partial charge on any atom is 0.267 e. The average molecular weight is 408 g/mol. The summed E-state index contributed by atoms with van der Waals surface area (Å²) in [6, 6.07) is 14.1. The van der Waals surface area contributed by atoms with Crippen LogP contribution in [0.1, 0.15) is 36.5 Å². The van der Waals surface area contributed by atoms with E-state index in [0.29, 0.717) is 11.8 Å². The van der Waals surface area contributed by atoms with Crippen molar-refractivity contribution in [1.82, 2.24) is 15.8 Å². The van der Waals surface area contributed by atoms with Gasteiger partial charge >= 0.3 is 0 Å². The average Bonchev–Trinajstić information content (AvgIpc) is 3.18. The predicted molar refractivity (Wildman–Crippen MR) is 120 cm³/mol. The predicted octanol–water partition coefficient (Wildman–Crippen LogP) is 4.22. The molecule has 0 saturated heterocycles. The van der Waals surface area contributed by atoms with Gasteiger partial charge in [-0.25, -0.2) is 5.48 Å².